The molecule has 0 saturated carbocycles. The zero-order valence-electron chi connectivity index (χ0n) is 9.01. The van der Waals surface area contributed by atoms with E-state index in [-0.39, 0.29) is 6.10 Å². The topological polar surface area (TPSA) is 52.4 Å². The molecule has 0 radical (unpaired) electrons. The molecular formula is C11H12BrNO3. The second-order valence-electron chi connectivity index (χ2n) is 3.46. The summed E-state index contributed by atoms with van der Waals surface area (Å²) in [7, 11) is 0. The summed E-state index contributed by atoms with van der Waals surface area (Å²) in [6.45, 7) is 3.87. The van der Waals surface area contributed by atoms with Crippen molar-refractivity contribution in [1.82, 2.24) is 0 Å². The Morgan fingerprint density at radius 2 is 2.19 bits per heavy atom. The number of benzene rings is 1. The molecule has 4 nitrogen and oxygen atoms in total. The molecule has 0 saturated heterocycles. The second kappa shape index (κ2) is 5.65. The highest BCUT2D eigenvalue weighted by Gasteiger charge is 2.03. The SMILES string of the molecule is CC(C)Oc1ccc(/C=C\[N+](=O)[O-])cc1Br. The predicted molar refractivity (Wildman–Crippen MR) is 65.9 cm³/mol. The third kappa shape index (κ3) is 4.02. The molecule has 16 heavy (non-hydrogen) atoms. The summed E-state index contributed by atoms with van der Waals surface area (Å²) in [5, 5.41) is 10.2. The van der Waals surface area contributed by atoms with Gasteiger partial charge in [0.1, 0.15) is 5.75 Å². The summed E-state index contributed by atoms with van der Waals surface area (Å²) in [6, 6.07) is 5.32. The Morgan fingerprint density at radius 3 is 2.69 bits per heavy atom. The van der Waals surface area contributed by atoms with E-state index in [0.717, 1.165) is 22.0 Å². The molecule has 0 aliphatic carbocycles. The van der Waals surface area contributed by atoms with Gasteiger partial charge in [0.05, 0.1) is 15.5 Å². The fraction of sp³-hybridized carbons (Fsp3) is 0.273. The molecule has 0 atom stereocenters. The maximum Gasteiger partial charge on any atom is 0.235 e. The lowest BCUT2D eigenvalue weighted by molar-refractivity contribution is -0.400. The van der Waals surface area contributed by atoms with Crippen molar-refractivity contribution in [1.29, 1.82) is 0 Å². The van der Waals surface area contributed by atoms with Crippen LogP contribution in [-0.2, 0) is 0 Å². The number of halogens is 1. The van der Waals surface area contributed by atoms with E-state index < -0.39 is 4.92 Å². The van der Waals surface area contributed by atoms with Crippen molar-refractivity contribution in [3.05, 3.63) is 44.5 Å². The Labute approximate surface area is 102 Å². The van der Waals surface area contributed by atoms with Crippen LogP contribution in [0.25, 0.3) is 6.08 Å². The zero-order valence-corrected chi connectivity index (χ0v) is 10.6. The molecule has 1 aromatic rings. The number of nitrogens with zero attached hydrogens (tertiary/aromatic N) is 1. The third-order valence-electron chi connectivity index (χ3n) is 1.71. The molecule has 0 spiro atoms. The predicted octanol–water partition coefficient (Wildman–Crippen LogP) is 3.48. The Hall–Kier alpha value is -1.36. The maximum absolute atomic E-state index is 10.2. The highest BCUT2D eigenvalue weighted by molar-refractivity contribution is 9.10. The van der Waals surface area contributed by atoms with Gasteiger partial charge in [-0.05, 0) is 47.5 Å². The number of ether oxygens (including phenoxy) is 1. The molecule has 0 heterocycles. The largest absolute Gasteiger partial charge is 0.490 e. The normalized spacial score (nSPS) is 11.0. The molecule has 0 fully saturated rings. The van der Waals surface area contributed by atoms with Gasteiger partial charge in [0.2, 0.25) is 6.20 Å². The second-order valence-corrected chi connectivity index (χ2v) is 4.31. The van der Waals surface area contributed by atoms with Crippen molar-refractivity contribution in [2.24, 2.45) is 0 Å². The molecule has 0 aliphatic heterocycles. The average molecular weight is 286 g/mol. The molecule has 1 rings (SSSR count). The Morgan fingerprint density at radius 1 is 1.50 bits per heavy atom. The number of nitro groups is 1. The van der Waals surface area contributed by atoms with E-state index in [0.29, 0.717) is 0 Å². The van der Waals surface area contributed by atoms with Crippen molar-refractivity contribution in [3.8, 4) is 5.75 Å². The average Bonchev–Trinajstić information content (AvgIpc) is 2.18. The first kappa shape index (κ1) is 12.7. The molecule has 0 aliphatic rings. The maximum atomic E-state index is 10.2. The van der Waals surface area contributed by atoms with Gasteiger partial charge in [-0.2, -0.15) is 0 Å². The van der Waals surface area contributed by atoms with Crippen molar-refractivity contribution >= 4 is 22.0 Å². The Bertz CT molecular complexity index is 416. The van der Waals surface area contributed by atoms with E-state index in [2.05, 4.69) is 15.9 Å². The number of rotatable bonds is 4. The van der Waals surface area contributed by atoms with Crippen LogP contribution in [-0.4, -0.2) is 11.0 Å². The fourth-order valence-corrected chi connectivity index (χ4v) is 1.61. The summed E-state index contributed by atoms with van der Waals surface area (Å²) in [5.41, 5.74) is 0.750. The standard InChI is InChI=1S/C11H12BrNO3/c1-8(2)16-11-4-3-9(7-10(11)12)5-6-13(14)15/h3-8H,1-2H3/b6-5-. The van der Waals surface area contributed by atoms with Crippen LogP contribution in [0.3, 0.4) is 0 Å². The molecule has 0 aromatic heterocycles. The van der Waals surface area contributed by atoms with Crippen molar-refractivity contribution in [2.45, 2.75) is 20.0 Å². The van der Waals surface area contributed by atoms with E-state index in [1.807, 2.05) is 13.8 Å². The van der Waals surface area contributed by atoms with Gasteiger partial charge in [0.15, 0.2) is 0 Å². The Balaban J connectivity index is 2.86. The van der Waals surface area contributed by atoms with Gasteiger partial charge in [0.25, 0.3) is 0 Å². The first-order valence-electron chi connectivity index (χ1n) is 4.77. The smallest absolute Gasteiger partial charge is 0.235 e. The monoisotopic (exact) mass is 285 g/mol. The number of hydrogen-bond donors (Lipinski definition) is 0. The van der Waals surface area contributed by atoms with Gasteiger partial charge in [-0.15, -0.1) is 0 Å². The minimum absolute atomic E-state index is 0.0940. The lowest BCUT2D eigenvalue weighted by Crippen LogP contribution is -2.05. The third-order valence-corrected chi connectivity index (χ3v) is 2.33. The summed E-state index contributed by atoms with van der Waals surface area (Å²) < 4.78 is 6.30. The zero-order chi connectivity index (χ0) is 12.1. The van der Waals surface area contributed by atoms with E-state index in [1.165, 1.54) is 6.08 Å². The lowest BCUT2D eigenvalue weighted by atomic mass is 10.2. The lowest BCUT2D eigenvalue weighted by Gasteiger charge is -2.11. The van der Waals surface area contributed by atoms with Crippen molar-refractivity contribution in [3.63, 3.8) is 0 Å². The molecule has 0 unspecified atom stereocenters. The summed E-state index contributed by atoms with van der Waals surface area (Å²) in [4.78, 5) is 9.66. The minimum atomic E-state index is -0.494. The van der Waals surface area contributed by atoms with Crippen LogP contribution in [0.5, 0.6) is 5.75 Å². The Kier molecular flexibility index (Phi) is 4.49. The summed E-state index contributed by atoms with van der Waals surface area (Å²) in [5.74, 6) is 0.730. The van der Waals surface area contributed by atoms with Crippen LogP contribution in [0.1, 0.15) is 19.4 Å². The van der Waals surface area contributed by atoms with Crippen molar-refractivity contribution in [2.75, 3.05) is 0 Å². The van der Waals surface area contributed by atoms with Crippen LogP contribution >= 0.6 is 15.9 Å². The van der Waals surface area contributed by atoms with Gasteiger partial charge in [0, 0.05) is 6.08 Å². The molecule has 86 valence electrons. The van der Waals surface area contributed by atoms with Crippen LogP contribution in [0.15, 0.2) is 28.9 Å². The van der Waals surface area contributed by atoms with E-state index in [9.17, 15) is 10.1 Å². The highest BCUT2D eigenvalue weighted by Crippen LogP contribution is 2.27. The molecule has 0 N–H and O–H groups in total. The fourth-order valence-electron chi connectivity index (χ4n) is 1.12. The van der Waals surface area contributed by atoms with E-state index in [4.69, 9.17) is 4.74 Å². The van der Waals surface area contributed by atoms with Crippen LogP contribution in [0.4, 0.5) is 0 Å². The molecule has 5 heteroatoms. The van der Waals surface area contributed by atoms with Gasteiger partial charge >= 0.3 is 0 Å². The van der Waals surface area contributed by atoms with Gasteiger partial charge in [-0.1, -0.05) is 6.07 Å². The molecule has 0 bridgehead atoms. The summed E-state index contributed by atoms with van der Waals surface area (Å²) in [6.07, 6.45) is 2.44. The quantitative estimate of drug-likeness (QED) is 0.629. The first-order chi connectivity index (χ1) is 7.49. The molecular weight excluding hydrogens is 274 g/mol. The summed E-state index contributed by atoms with van der Waals surface area (Å²) >= 11 is 3.35. The van der Waals surface area contributed by atoms with E-state index >= 15 is 0 Å². The number of hydrogen-bond acceptors (Lipinski definition) is 3. The van der Waals surface area contributed by atoms with E-state index in [1.54, 1.807) is 18.2 Å². The van der Waals surface area contributed by atoms with Crippen LogP contribution in [0.2, 0.25) is 0 Å². The van der Waals surface area contributed by atoms with Crippen molar-refractivity contribution < 1.29 is 9.66 Å². The van der Waals surface area contributed by atoms with Crippen LogP contribution < -0.4 is 4.74 Å². The van der Waals surface area contributed by atoms with Gasteiger partial charge in [-0.3, -0.25) is 10.1 Å². The molecule has 1 aromatic carbocycles. The molecule has 0 amide bonds. The first-order valence-corrected chi connectivity index (χ1v) is 5.56. The minimum Gasteiger partial charge on any atom is -0.490 e. The van der Waals surface area contributed by atoms with Crippen LogP contribution in [0, 0.1) is 10.1 Å². The van der Waals surface area contributed by atoms with Gasteiger partial charge in [-0.25, -0.2) is 0 Å². The van der Waals surface area contributed by atoms with Gasteiger partial charge < -0.3 is 4.74 Å². The highest BCUT2D eigenvalue weighted by atomic mass is 79.9.